The number of ketones is 1. The fraction of sp³-hybridized carbons (Fsp3) is 0.870. The van der Waals surface area contributed by atoms with E-state index in [4.69, 9.17) is 4.74 Å². The number of allylic oxidation sites excluding steroid dienone is 2. The first kappa shape index (κ1) is 24.5. The van der Waals surface area contributed by atoms with Gasteiger partial charge in [-0.1, -0.05) is 47.1 Å². The van der Waals surface area contributed by atoms with E-state index in [2.05, 4.69) is 27.7 Å². The predicted octanol–water partition coefficient (Wildman–Crippen LogP) is 2.57. The van der Waals surface area contributed by atoms with Crippen LogP contribution in [0.2, 0.25) is 0 Å². The number of aliphatic hydroxyl groups is 4. The lowest BCUT2D eigenvalue weighted by Crippen LogP contribution is -2.62. The molecule has 4 N–H and O–H groups in total. The Balaban J connectivity index is 1.83. The second-order valence-corrected chi connectivity index (χ2v) is 10.5. The van der Waals surface area contributed by atoms with Crippen LogP contribution >= 0.6 is 0 Å². The molecule has 0 aromatic carbocycles. The monoisotopic (exact) mass is 412 g/mol. The van der Waals surface area contributed by atoms with Crippen molar-refractivity contribution in [3.63, 3.8) is 0 Å². The zero-order chi connectivity index (χ0) is 22.0. The van der Waals surface area contributed by atoms with E-state index in [-0.39, 0.29) is 22.7 Å². The van der Waals surface area contributed by atoms with Crippen molar-refractivity contribution in [1.29, 1.82) is 0 Å². The molecular formula is C23H40O6. The molecule has 0 spiro atoms. The molecule has 6 heteroatoms. The molecule has 1 aliphatic heterocycles. The molecule has 1 saturated heterocycles. The minimum absolute atomic E-state index is 0.0587. The van der Waals surface area contributed by atoms with Crippen LogP contribution in [0.15, 0.2) is 12.2 Å². The summed E-state index contributed by atoms with van der Waals surface area (Å²) in [5.74, 6) is -2.86. The van der Waals surface area contributed by atoms with E-state index in [1.165, 1.54) is 0 Å². The van der Waals surface area contributed by atoms with Gasteiger partial charge >= 0.3 is 0 Å². The summed E-state index contributed by atoms with van der Waals surface area (Å²) in [6.07, 6.45) is 6.06. The third kappa shape index (κ3) is 5.47. The smallest absolute Gasteiger partial charge is 0.181 e. The molecule has 6 unspecified atom stereocenters. The number of carbonyl (C=O) groups is 1. The van der Waals surface area contributed by atoms with E-state index in [1.807, 2.05) is 13.0 Å². The largest absolute Gasteiger partial charge is 0.396 e. The second-order valence-electron chi connectivity index (χ2n) is 10.5. The maximum atomic E-state index is 11.8. The highest BCUT2D eigenvalue weighted by Crippen LogP contribution is 2.54. The van der Waals surface area contributed by atoms with Gasteiger partial charge in [-0.05, 0) is 42.6 Å². The Morgan fingerprint density at radius 1 is 1.17 bits per heavy atom. The first-order valence-corrected chi connectivity index (χ1v) is 11.0. The molecule has 168 valence electrons. The molecule has 0 amide bonds. The van der Waals surface area contributed by atoms with Crippen molar-refractivity contribution >= 4 is 5.78 Å². The third-order valence-electron chi connectivity index (χ3n) is 6.57. The van der Waals surface area contributed by atoms with Crippen LogP contribution in [-0.4, -0.2) is 56.9 Å². The second kappa shape index (κ2) is 9.15. The van der Waals surface area contributed by atoms with Crippen LogP contribution in [0, 0.1) is 22.7 Å². The van der Waals surface area contributed by atoms with E-state index < -0.39 is 36.4 Å². The Morgan fingerprint density at radius 3 is 2.41 bits per heavy atom. The summed E-state index contributed by atoms with van der Waals surface area (Å²) in [6.45, 7) is 10.3. The maximum absolute atomic E-state index is 11.8. The number of ether oxygens (including phenoxy) is 1. The van der Waals surface area contributed by atoms with Gasteiger partial charge in [0.1, 0.15) is 0 Å². The van der Waals surface area contributed by atoms with Crippen LogP contribution in [0.5, 0.6) is 0 Å². The fourth-order valence-electron chi connectivity index (χ4n) is 5.37. The highest BCUT2D eigenvalue weighted by Gasteiger charge is 2.69. The summed E-state index contributed by atoms with van der Waals surface area (Å²) in [6, 6.07) is 0. The van der Waals surface area contributed by atoms with Crippen LogP contribution < -0.4 is 0 Å². The first-order chi connectivity index (χ1) is 13.4. The Kier molecular flexibility index (Phi) is 7.72. The SMILES string of the molecule is CCCC(=O)C=CC(C)(C)CC(C)(C)CCCC1OC2(O)C(CO)C(O)C(O)C12. The summed E-state index contributed by atoms with van der Waals surface area (Å²) >= 11 is 0. The van der Waals surface area contributed by atoms with Crippen molar-refractivity contribution in [3.8, 4) is 0 Å². The van der Waals surface area contributed by atoms with Crippen molar-refractivity contribution in [2.24, 2.45) is 22.7 Å². The number of hydrogen-bond acceptors (Lipinski definition) is 6. The molecule has 6 atom stereocenters. The molecule has 2 fully saturated rings. The lowest BCUT2D eigenvalue weighted by molar-refractivity contribution is -0.381. The maximum Gasteiger partial charge on any atom is 0.181 e. The molecule has 1 aliphatic carbocycles. The van der Waals surface area contributed by atoms with Crippen molar-refractivity contribution in [2.75, 3.05) is 6.61 Å². The quantitative estimate of drug-likeness (QED) is 0.389. The lowest BCUT2D eigenvalue weighted by atomic mass is 9.72. The van der Waals surface area contributed by atoms with Crippen molar-refractivity contribution < 1.29 is 30.0 Å². The zero-order valence-corrected chi connectivity index (χ0v) is 18.6. The molecule has 0 aromatic rings. The lowest BCUT2D eigenvalue weighted by Gasteiger charge is -2.50. The van der Waals surface area contributed by atoms with E-state index in [0.717, 1.165) is 25.7 Å². The summed E-state index contributed by atoms with van der Waals surface area (Å²) in [5.41, 5.74) is -0.0244. The standard InChI is InChI=1S/C23H40O6/c1-6-8-15(25)10-12-22(4,5)14-21(2,3)11-7-9-17-18-20(27)19(26)16(13-24)23(18,28)29-17/h10,12,16-20,24,26-28H,6-9,11,13-14H2,1-5H3. The van der Waals surface area contributed by atoms with E-state index in [0.29, 0.717) is 12.8 Å². The minimum atomic E-state index is -1.62. The van der Waals surface area contributed by atoms with Gasteiger partial charge in [-0.3, -0.25) is 4.79 Å². The molecule has 29 heavy (non-hydrogen) atoms. The Morgan fingerprint density at radius 2 is 1.83 bits per heavy atom. The number of aliphatic hydroxyl groups excluding tert-OH is 3. The first-order valence-electron chi connectivity index (χ1n) is 11.0. The summed E-state index contributed by atoms with van der Waals surface area (Å²) in [4.78, 5) is 11.8. The third-order valence-corrected chi connectivity index (χ3v) is 6.57. The predicted molar refractivity (Wildman–Crippen MR) is 111 cm³/mol. The molecule has 2 rings (SSSR count). The average molecular weight is 413 g/mol. The van der Waals surface area contributed by atoms with Gasteiger partial charge in [0.2, 0.25) is 0 Å². The number of hydrogen-bond donors (Lipinski definition) is 4. The summed E-state index contributed by atoms with van der Waals surface area (Å²) in [7, 11) is 0. The van der Waals surface area contributed by atoms with Crippen LogP contribution in [0.4, 0.5) is 0 Å². The Bertz CT molecular complexity index is 598. The number of carbonyl (C=O) groups excluding carboxylic acids is 1. The van der Waals surface area contributed by atoms with Gasteiger partial charge in [0, 0.05) is 6.42 Å². The molecule has 1 heterocycles. The number of fused-ring (bicyclic) bond motifs is 1. The van der Waals surface area contributed by atoms with Gasteiger partial charge in [0.15, 0.2) is 11.6 Å². The van der Waals surface area contributed by atoms with Crippen LogP contribution in [-0.2, 0) is 9.53 Å². The highest BCUT2D eigenvalue weighted by atomic mass is 16.7. The highest BCUT2D eigenvalue weighted by molar-refractivity contribution is 5.89. The average Bonchev–Trinajstić information content (AvgIpc) is 2.72. The molecule has 0 aromatic heterocycles. The van der Waals surface area contributed by atoms with Gasteiger partial charge in [0.25, 0.3) is 0 Å². The Hall–Kier alpha value is -0.790. The van der Waals surface area contributed by atoms with Gasteiger partial charge < -0.3 is 25.2 Å². The minimum Gasteiger partial charge on any atom is -0.396 e. The zero-order valence-electron chi connectivity index (χ0n) is 18.6. The number of rotatable bonds is 11. The van der Waals surface area contributed by atoms with Crippen molar-refractivity contribution in [1.82, 2.24) is 0 Å². The normalized spacial score (nSPS) is 35.0. The van der Waals surface area contributed by atoms with Gasteiger partial charge in [-0.15, -0.1) is 0 Å². The molecule has 2 aliphatic rings. The van der Waals surface area contributed by atoms with E-state index in [1.54, 1.807) is 6.08 Å². The topological polar surface area (TPSA) is 107 Å². The van der Waals surface area contributed by atoms with Crippen LogP contribution in [0.1, 0.15) is 73.1 Å². The summed E-state index contributed by atoms with van der Waals surface area (Å²) in [5, 5.41) is 40.2. The van der Waals surface area contributed by atoms with Gasteiger partial charge in [-0.25, -0.2) is 0 Å². The molecule has 6 nitrogen and oxygen atoms in total. The van der Waals surface area contributed by atoms with Crippen LogP contribution in [0.25, 0.3) is 0 Å². The summed E-state index contributed by atoms with van der Waals surface area (Å²) < 4.78 is 5.63. The van der Waals surface area contributed by atoms with Gasteiger partial charge in [-0.2, -0.15) is 0 Å². The Labute approximate surface area is 175 Å². The van der Waals surface area contributed by atoms with E-state index in [9.17, 15) is 25.2 Å². The molecule has 0 radical (unpaired) electrons. The van der Waals surface area contributed by atoms with Gasteiger partial charge in [0.05, 0.1) is 36.8 Å². The van der Waals surface area contributed by atoms with Crippen LogP contribution in [0.3, 0.4) is 0 Å². The van der Waals surface area contributed by atoms with Crippen molar-refractivity contribution in [2.45, 2.75) is 97.2 Å². The van der Waals surface area contributed by atoms with E-state index >= 15 is 0 Å². The molecule has 0 bridgehead atoms. The fourth-order valence-corrected chi connectivity index (χ4v) is 5.37. The molecular weight excluding hydrogens is 372 g/mol. The van der Waals surface area contributed by atoms with Crippen molar-refractivity contribution in [3.05, 3.63) is 12.2 Å². The molecule has 1 saturated carbocycles.